The van der Waals surface area contributed by atoms with Crippen LogP contribution in [0.25, 0.3) is 0 Å². The second kappa shape index (κ2) is 5.51. The third kappa shape index (κ3) is 3.09. The Morgan fingerprint density at radius 1 is 1.53 bits per heavy atom. The molecule has 0 aliphatic heterocycles. The first kappa shape index (κ1) is 13.1. The van der Waals surface area contributed by atoms with Crippen LogP contribution in [0.15, 0.2) is 30.6 Å². The van der Waals surface area contributed by atoms with Crippen molar-refractivity contribution in [3.05, 3.63) is 47.8 Å². The summed E-state index contributed by atoms with van der Waals surface area (Å²) in [4.78, 5) is 16.0. The second-order valence-corrected chi connectivity index (χ2v) is 4.19. The molecule has 0 fully saturated rings. The standard InChI is InChI=1S/C13H15FN4O/c1-18-7-6-16-12(18)4-5-17-13(19)10-3-2-9(14)8-11(10)15/h2-3,6-8H,4-5,15H2,1H3,(H,17,19). The summed E-state index contributed by atoms with van der Waals surface area (Å²) in [6, 6.07) is 3.72. The van der Waals surface area contributed by atoms with E-state index in [1.54, 1.807) is 6.20 Å². The first-order valence-electron chi connectivity index (χ1n) is 5.87. The fourth-order valence-corrected chi connectivity index (χ4v) is 1.76. The molecule has 2 rings (SSSR count). The molecule has 1 aromatic heterocycles. The number of nitrogens with one attached hydrogen (secondary N) is 1. The molecule has 19 heavy (non-hydrogen) atoms. The second-order valence-electron chi connectivity index (χ2n) is 4.19. The first-order chi connectivity index (χ1) is 9.08. The van der Waals surface area contributed by atoms with Crippen LogP contribution in [0.2, 0.25) is 0 Å². The number of nitrogen functional groups attached to an aromatic ring is 1. The van der Waals surface area contributed by atoms with Crippen LogP contribution in [0.1, 0.15) is 16.2 Å². The van der Waals surface area contributed by atoms with E-state index in [0.29, 0.717) is 13.0 Å². The Bertz CT molecular complexity index is 594. The minimum atomic E-state index is -0.456. The molecule has 2 aromatic rings. The highest BCUT2D eigenvalue weighted by molar-refractivity contribution is 5.99. The number of aryl methyl sites for hydroxylation is 1. The zero-order valence-electron chi connectivity index (χ0n) is 10.6. The molecular weight excluding hydrogens is 247 g/mol. The Labute approximate surface area is 110 Å². The van der Waals surface area contributed by atoms with Crippen LogP contribution in [0, 0.1) is 5.82 Å². The maximum atomic E-state index is 12.9. The number of amides is 1. The Morgan fingerprint density at radius 2 is 2.32 bits per heavy atom. The number of nitrogens with two attached hydrogens (primary N) is 1. The number of rotatable bonds is 4. The number of anilines is 1. The van der Waals surface area contributed by atoms with Crippen LogP contribution in [0.5, 0.6) is 0 Å². The van der Waals surface area contributed by atoms with Gasteiger partial charge in [-0.25, -0.2) is 9.37 Å². The van der Waals surface area contributed by atoms with Gasteiger partial charge in [0.25, 0.3) is 5.91 Å². The molecule has 0 aliphatic carbocycles. The molecule has 5 nitrogen and oxygen atoms in total. The maximum Gasteiger partial charge on any atom is 0.253 e. The Kier molecular flexibility index (Phi) is 3.79. The third-order valence-corrected chi connectivity index (χ3v) is 2.81. The topological polar surface area (TPSA) is 72.9 Å². The molecule has 0 saturated heterocycles. The smallest absolute Gasteiger partial charge is 0.253 e. The van der Waals surface area contributed by atoms with Crippen LogP contribution in [-0.4, -0.2) is 22.0 Å². The lowest BCUT2D eigenvalue weighted by molar-refractivity contribution is 0.0955. The molecule has 1 amide bonds. The summed E-state index contributed by atoms with van der Waals surface area (Å²) in [5, 5.41) is 2.73. The quantitative estimate of drug-likeness (QED) is 0.811. The van der Waals surface area contributed by atoms with Gasteiger partial charge in [0.2, 0.25) is 0 Å². The van der Waals surface area contributed by atoms with Gasteiger partial charge in [-0.15, -0.1) is 0 Å². The number of imidazole rings is 1. The molecule has 1 aromatic carbocycles. The molecule has 3 N–H and O–H groups in total. The number of benzene rings is 1. The van der Waals surface area contributed by atoms with E-state index in [9.17, 15) is 9.18 Å². The Balaban J connectivity index is 1.93. The number of carbonyl (C=O) groups excluding carboxylic acids is 1. The highest BCUT2D eigenvalue weighted by Gasteiger charge is 2.10. The number of halogens is 1. The van der Waals surface area contributed by atoms with Crippen molar-refractivity contribution >= 4 is 11.6 Å². The summed E-state index contributed by atoms with van der Waals surface area (Å²) in [6.45, 7) is 0.445. The highest BCUT2D eigenvalue weighted by atomic mass is 19.1. The van der Waals surface area contributed by atoms with E-state index < -0.39 is 5.82 Å². The monoisotopic (exact) mass is 262 g/mol. The Morgan fingerprint density at radius 3 is 2.95 bits per heavy atom. The molecule has 0 aliphatic rings. The van der Waals surface area contributed by atoms with Crippen molar-refractivity contribution in [1.29, 1.82) is 0 Å². The van der Waals surface area contributed by atoms with E-state index in [1.807, 2.05) is 17.8 Å². The van der Waals surface area contributed by atoms with Crippen molar-refractivity contribution in [2.24, 2.45) is 7.05 Å². The van der Waals surface area contributed by atoms with Gasteiger partial charge in [-0.3, -0.25) is 4.79 Å². The average Bonchev–Trinajstić information content (AvgIpc) is 2.75. The molecule has 0 bridgehead atoms. The molecule has 0 atom stereocenters. The van der Waals surface area contributed by atoms with Gasteiger partial charge in [-0.05, 0) is 18.2 Å². The molecule has 6 heteroatoms. The predicted molar refractivity (Wildman–Crippen MR) is 70.1 cm³/mol. The molecular formula is C13H15FN4O. The number of carbonyl (C=O) groups is 1. The lowest BCUT2D eigenvalue weighted by atomic mass is 10.1. The van der Waals surface area contributed by atoms with E-state index in [4.69, 9.17) is 5.73 Å². The van der Waals surface area contributed by atoms with Crippen LogP contribution < -0.4 is 11.1 Å². The van der Waals surface area contributed by atoms with E-state index >= 15 is 0 Å². The van der Waals surface area contributed by atoms with Crippen molar-refractivity contribution in [3.8, 4) is 0 Å². The van der Waals surface area contributed by atoms with Crippen molar-refractivity contribution < 1.29 is 9.18 Å². The molecule has 100 valence electrons. The SMILES string of the molecule is Cn1ccnc1CCNC(=O)c1ccc(F)cc1N. The fourth-order valence-electron chi connectivity index (χ4n) is 1.76. The average molecular weight is 262 g/mol. The maximum absolute atomic E-state index is 12.9. The summed E-state index contributed by atoms with van der Waals surface area (Å²) in [5.41, 5.74) is 6.01. The van der Waals surface area contributed by atoms with Gasteiger partial charge < -0.3 is 15.6 Å². The summed E-state index contributed by atoms with van der Waals surface area (Å²) >= 11 is 0. The minimum Gasteiger partial charge on any atom is -0.398 e. The van der Waals surface area contributed by atoms with Gasteiger partial charge in [-0.1, -0.05) is 0 Å². The largest absolute Gasteiger partial charge is 0.398 e. The lowest BCUT2D eigenvalue weighted by Gasteiger charge is -2.07. The molecule has 0 unspecified atom stereocenters. The van der Waals surface area contributed by atoms with Gasteiger partial charge in [0, 0.05) is 38.1 Å². The summed E-state index contributed by atoms with van der Waals surface area (Å²) in [6.07, 6.45) is 4.17. The number of nitrogens with zero attached hydrogens (tertiary/aromatic N) is 2. The van der Waals surface area contributed by atoms with Gasteiger partial charge in [-0.2, -0.15) is 0 Å². The van der Waals surface area contributed by atoms with Gasteiger partial charge in [0.15, 0.2) is 0 Å². The van der Waals surface area contributed by atoms with Gasteiger partial charge >= 0.3 is 0 Å². The minimum absolute atomic E-state index is 0.134. The number of hydrogen-bond acceptors (Lipinski definition) is 3. The van der Waals surface area contributed by atoms with Crippen molar-refractivity contribution in [2.45, 2.75) is 6.42 Å². The summed E-state index contributed by atoms with van der Waals surface area (Å²) in [5.74, 6) is 0.112. The van der Waals surface area contributed by atoms with Crippen LogP contribution >= 0.6 is 0 Å². The van der Waals surface area contributed by atoms with Gasteiger partial charge in [0.05, 0.1) is 5.56 Å². The highest BCUT2D eigenvalue weighted by Crippen LogP contribution is 2.13. The van der Waals surface area contributed by atoms with Crippen LogP contribution in [0.4, 0.5) is 10.1 Å². The number of aromatic nitrogens is 2. The number of hydrogen-bond donors (Lipinski definition) is 2. The fraction of sp³-hybridized carbons (Fsp3) is 0.231. The van der Waals surface area contributed by atoms with E-state index in [2.05, 4.69) is 10.3 Å². The van der Waals surface area contributed by atoms with E-state index in [-0.39, 0.29) is 17.2 Å². The van der Waals surface area contributed by atoms with Crippen molar-refractivity contribution in [3.63, 3.8) is 0 Å². The third-order valence-electron chi connectivity index (χ3n) is 2.81. The summed E-state index contributed by atoms with van der Waals surface area (Å²) in [7, 11) is 1.89. The molecule has 0 spiro atoms. The zero-order chi connectivity index (χ0) is 13.8. The van der Waals surface area contributed by atoms with Crippen LogP contribution in [-0.2, 0) is 13.5 Å². The van der Waals surface area contributed by atoms with E-state index in [1.165, 1.54) is 12.1 Å². The molecule has 0 radical (unpaired) electrons. The van der Waals surface area contributed by atoms with Crippen molar-refractivity contribution in [2.75, 3.05) is 12.3 Å². The summed E-state index contributed by atoms with van der Waals surface area (Å²) < 4.78 is 14.8. The predicted octanol–water partition coefficient (Wildman–Crippen LogP) is 1.11. The normalized spacial score (nSPS) is 10.4. The van der Waals surface area contributed by atoms with Gasteiger partial charge in [0.1, 0.15) is 11.6 Å². The zero-order valence-corrected chi connectivity index (χ0v) is 10.6. The van der Waals surface area contributed by atoms with Crippen molar-refractivity contribution in [1.82, 2.24) is 14.9 Å². The van der Waals surface area contributed by atoms with E-state index in [0.717, 1.165) is 11.9 Å². The van der Waals surface area contributed by atoms with Crippen LogP contribution in [0.3, 0.4) is 0 Å². The molecule has 1 heterocycles. The Hall–Kier alpha value is -2.37. The molecule has 0 saturated carbocycles. The first-order valence-corrected chi connectivity index (χ1v) is 5.87. The lowest BCUT2D eigenvalue weighted by Crippen LogP contribution is -2.27.